The number of aryl methyl sites for hydroxylation is 4. The number of hydrogen-bond donors (Lipinski definition) is 6. The molecule has 356 valence electrons. The number of nitrogens with one attached hydrogen (secondary N) is 4. The molecular formula is C39H46Cl3N11O9S4. The van der Waals surface area contributed by atoms with Gasteiger partial charge in [0, 0.05) is 29.5 Å². The van der Waals surface area contributed by atoms with Gasteiger partial charge >= 0.3 is 0 Å². The van der Waals surface area contributed by atoms with Gasteiger partial charge in [0.2, 0.25) is 35.9 Å². The number of hydrogen-bond acceptors (Lipinski definition) is 17. The second-order valence-corrected chi connectivity index (χ2v) is 21.7. The molecule has 5 aromatic heterocycles. The highest BCUT2D eigenvalue weighted by molar-refractivity contribution is 7.98. The highest BCUT2D eigenvalue weighted by Gasteiger charge is 2.29. The van der Waals surface area contributed by atoms with Crippen LogP contribution in [0.25, 0.3) is 44.3 Å². The van der Waals surface area contributed by atoms with E-state index >= 15 is 0 Å². The first kappa shape index (κ1) is 51.3. The highest BCUT2D eigenvalue weighted by atomic mass is 35.5. The van der Waals surface area contributed by atoms with Crippen LogP contribution in [0.2, 0.25) is 15.9 Å². The van der Waals surface area contributed by atoms with Crippen molar-refractivity contribution in [2.24, 2.45) is 0 Å². The summed E-state index contributed by atoms with van der Waals surface area (Å²) in [6, 6.07) is 6.89. The van der Waals surface area contributed by atoms with Crippen molar-refractivity contribution in [2.75, 3.05) is 12.5 Å². The van der Waals surface area contributed by atoms with Gasteiger partial charge in [-0.2, -0.15) is 15.0 Å². The molecule has 20 nitrogen and oxygen atoms in total. The van der Waals surface area contributed by atoms with Gasteiger partial charge in [-0.25, -0.2) is 36.2 Å². The number of halogens is 3. The summed E-state index contributed by atoms with van der Waals surface area (Å²) in [5.74, 6) is 1.26. The summed E-state index contributed by atoms with van der Waals surface area (Å²) in [5.41, 5.74) is 6.30. The van der Waals surface area contributed by atoms with Gasteiger partial charge in [-0.15, -0.1) is 0 Å². The summed E-state index contributed by atoms with van der Waals surface area (Å²) in [6.45, 7) is 7.26. The Balaban J connectivity index is 0.000000178. The van der Waals surface area contributed by atoms with Crippen molar-refractivity contribution in [3.05, 3.63) is 63.0 Å². The topological polar surface area (TPSA) is 298 Å². The summed E-state index contributed by atoms with van der Waals surface area (Å²) in [6.07, 6.45) is 11.0. The maximum atomic E-state index is 13.2. The molecule has 27 heteroatoms. The van der Waals surface area contributed by atoms with Gasteiger partial charge in [0.1, 0.15) is 32.3 Å². The maximum absolute atomic E-state index is 13.2. The van der Waals surface area contributed by atoms with Crippen molar-refractivity contribution in [3.63, 3.8) is 0 Å². The second-order valence-electron chi connectivity index (χ2n) is 15.2. The van der Waals surface area contributed by atoms with Crippen molar-refractivity contribution in [3.8, 4) is 22.3 Å². The second kappa shape index (κ2) is 21.9. The number of rotatable bonds is 10. The molecule has 6 N–H and O–H groups in total. The minimum Gasteiger partial charge on any atom is -0.361 e. The SMILES string of the molecule is CSc1nc2c(S(=O)(=O)NC3CCCC3)cc(-c3c(C)noc3C)cc2[nH]1.Cc1noc(C)c1-c1cc(S(=O)(=O)NC2CCCC2)c2nc(S(C)=O)[nH]c2c1.Clc1nc(Cl)nc(Cl)n1.OO. The lowest BCUT2D eigenvalue weighted by molar-refractivity contribution is -0.176. The van der Waals surface area contributed by atoms with Crippen LogP contribution in [0.4, 0.5) is 0 Å². The molecule has 2 aliphatic rings. The zero-order valence-corrected chi connectivity index (χ0v) is 41.8. The predicted octanol–water partition coefficient (Wildman–Crippen LogP) is 8.42. The Labute approximate surface area is 401 Å². The van der Waals surface area contributed by atoms with Gasteiger partial charge in [0.05, 0.1) is 33.2 Å². The summed E-state index contributed by atoms with van der Waals surface area (Å²) in [5, 5.41) is 20.9. The Hall–Kier alpha value is -4.08. The van der Waals surface area contributed by atoms with E-state index in [2.05, 4.69) is 54.6 Å². The molecule has 2 aliphatic carbocycles. The van der Waals surface area contributed by atoms with Crippen LogP contribution in [0.3, 0.4) is 0 Å². The van der Waals surface area contributed by atoms with Crippen molar-refractivity contribution in [1.29, 1.82) is 0 Å². The van der Waals surface area contributed by atoms with Crippen LogP contribution in [0.5, 0.6) is 0 Å². The molecule has 2 saturated carbocycles. The Morgan fingerprint density at radius 1 is 0.667 bits per heavy atom. The van der Waals surface area contributed by atoms with Crippen LogP contribution >= 0.6 is 46.6 Å². The third-order valence-electron chi connectivity index (χ3n) is 10.7. The Kier molecular flexibility index (Phi) is 17.0. The van der Waals surface area contributed by atoms with Crippen LogP contribution in [0.1, 0.15) is 74.3 Å². The fraction of sp³-hybridized carbons (Fsp3) is 0.410. The van der Waals surface area contributed by atoms with Gasteiger partial charge in [-0.3, -0.25) is 14.7 Å². The van der Waals surface area contributed by atoms with E-state index in [0.717, 1.165) is 73.8 Å². The van der Waals surface area contributed by atoms with Crippen molar-refractivity contribution >= 4 is 99.5 Å². The lowest BCUT2D eigenvalue weighted by Crippen LogP contribution is -2.32. The summed E-state index contributed by atoms with van der Waals surface area (Å²) in [7, 11) is -8.87. The molecule has 0 saturated heterocycles. The highest BCUT2D eigenvalue weighted by Crippen LogP contribution is 2.36. The monoisotopic (exact) mass is 1050 g/mol. The molecule has 0 aliphatic heterocycles. The van der Waals surface area contributed by atoms with Crippen LogP contribution < -0.4 is 9.44 Å². The number of sulfonamides is 2. The molecule has 2 fully saturated rings. The smallest absolute Gasteiger partial charge is 0.243 e. The molecule has 9 rings (SSSR count). The van der Waals surface area contributed by atoms with E-state index in [1.807, 2.05) is 26.2 Å². The van der Waals surface area contributed by atoms with Crippen LogP contribution in [-0.2, 0) is 30.8 Å². The first-order valence-corrected chi connectivity index (χ1v) is 27.0. The first-order chi connectivity index (χ1) is 31.3. The lowest BCUT2D eigenvalue weighted by atomic mass is 10.0. The van der Waals surface area contributed by atoms with Gasteiger partial charge in [-0.05, 0) is 130 Å². The molecule has 1 unspecified atom stereocenters. The van der Waals surface area contributed by atoms with Crippen LogP contribution in [0, 0.1) is 27.7 Å². The van der Waals surface area contributed by atoms with E-state index in [-0.39, 0.29) is 48.4 Å². The van der Waals surface area contributed by atoms with E-state index in [4.69, 9.17) is 54.4 Å². The van der Waals surface area contributed by atoms with Crippen LogP contribution in [0.15, 0.2) is 53.4 Å². The van der Waals surface area contributed by atoms with Gasteiger partial charge in [-0.1, -0.05) is 47.8 Å². The molecule has 2 aromatic carbocycles. The Bertz CT molecular complexity index is 3010. The van der Waals surface area contributed by atoms with E-state index in [1.165, 1.54) is 18.0 Å². The van der Waals surface area contributed by atoms with Gasteiger partial charge in [0.15, 0.2) is 10.3 Å². The minimum atomic E-state index is -3.80. The molecule has 0 spiro atoms. The zero-order valence-electron chi connectivity index (χ0n) is 36.3. The minimum absolute atomic E-state index is 0.000000000000000444. The maximum Gasteiger partial charge on any atom is 0.243 e. The molecular weight excluding hydrogens is 1000 g/mol. The number of aromatic nitrogens is 9. The molecule has 0 amide bonds. The molecule has 5 heterocycles. The number of aromatic amines is 2. The van der Waals surface area contributed by atoms with Crippen molar-refractivity contribution in [1.82, 2.24) is 54.6 Å². The third-order valence-corrected chi connectivity index (χ3v) is 15.5. The number of thioether (sulfide) groups is 1. The average Bonchev–Trinajstić information content (AvgIpc) is 4.13. The normalized spacial score (nSPS) is 15.0. The number of nitrogens with zero attached hydrogens (tertiary/aromatic N) is 7. The predicted molar refractivity (Wildman–Crippen MR) is 252 cm³/mol. The fourth-order valence-corrected chi connectivity index (χ4v) is 12.3. The number of fused-ring (bicyclic) bond motifs is 2. The van der Waals surface area contributed by atoms with Crippen molar-refractivity contribution < 1.29 is 40.6 Å². The fourth-order valence-electron chi connectivity index (χ4n) is 7.80. The quantitative estimate of drug-likeness (QED) is 0.0425. The van der Waals surface area contributed by atoms with Crippen molar-refractivity contribution in [2.45, 2.75) is 111 Å². The van der Waals surface area contributed by atoms with E-state index < -0.39 is 30.8 Å². The molecule has 66 heavy (non-hydrogen) atoms. The number of benzene rings is 2. The molecule has 7 aromatic rings. The van der Waals surface area contributed by atoms with Crippen LogP contribution in [-0.4, -0.2) is 101 Å². The molecule has 0 radical (unpaired) electrons. The van der Waals surface area contributed by atoms with E-state index in [0.29, 0.717) is 44.5 Å². The summed E-state index contributed by atoms with van der Waals surface area (Å²) in [4.78, 5) is 25.6. The first-order valence-electron chi connectivity index (χ1n) is 20.1. The van der Waals surface area contributed by atoms with E-state index in [9.17, 15) is 21.0 Å². The standard InChI is InChI=1S/C18H22N4O4S2.C18H22N4O3S2.C3Cl3N3.H2O2/c1-10-16(11(2)26-21-10)12-8-14-17(20-18(19-14)27(3)23)15(9-12)28(24,25)22-13-6-4-5-7-13;1-10-16(11(2)25-21-10)12-8-14-17(20-18(19-14)26-3)15(9-12)27(23,24)22-13-6-4-5-7-13;4-1-7-2(5)9-3(6)8-1;1-2/h8-9,13,22H,4-7H2,1-3H3,(H,19,20);8-9,13,22H,4-7H2,1-3H3,(H,19,20);;1-2H. The largest absolute Gasteiger partial charge is 0.361 e. The van der Waals surface area contributed by atoms with Gasteiger partial charge < -0.3 is 19.0 Å². The third kappa shape index (κ3) is 12.0. The van der Waals surface area contributed by atoms with E-state index in [1.54, 1.807) is 32.0 Å². The molecule has 0 bridgehead atoms. The molecule has 1 atom stereocenters. The Morgan fingerprint density at radius 2 is 1.06 bits per heavy atom. The average molecular weight is 1050 g/mol. The summed E-state index contributed by atoms with van der Waals surface area (Å²) >= 11 is 17.4. The zero-order chi connectivity index (χ0) is 48.1. The number of imidazole rings is 2. The number of H-pyrrole nitrogens is 2. The Morgan fingerprint density at radius 3 is 1.42 bits per heavy atom. The lowest BCUT2D eigenvalue weighted by Gasteiger charge is -2.14. The van der Waals surface area contributed by atoms with Gasteiger partial charge in [0.25, 0.3) is 0 Å². The summed E-state index contributed by atoms with van der Waals surface area (Å²) < 4.78 is 80.8.